The van der Waals surface area contributed by atoms with Gasteiger partial charge in [-0.3, -0.25) is 4.98 Å². The summed E-state index contributed by atoms with van der Waals surface area (Å²) in [6.45, 7) is 6.09. The molecule has 2 rings (SSSR count). The predicted molar refractivity (Wildman–Crippen MR) is 89.0 cm³/mol. The number of ether oxygens (including phenoxy) is 1. The van der Waals surface area contributed by atoms with Gasteiger partial charge in [0.1, 0.15) is 11.7 Å². The van der Waals surface area contributed by atoms with E-state index < -0.39 is 23.8 Å². The number of amides is 2. The van der Waals surface area contributed by atoms with Crippen LogP contribution in [0, 0.1) is 11.3 Å². The molecule has 134 valence electrons. The normalized spacial score (nSPS) is 17.8. The van der Waals surface area contributed by atoms with E-state index in [-0.39, 0.29) is 19.6 Å². The molecule has 1 unspecified atom stereocenters. The van der Waals surface area contributed by atoms with Crippen LogP contribution in [0.5, 0.6) is 0 Å². The highest BCUT2D eigenvalue weighted by molar-refractivity contribution is 5.70. The lowest BCUT2D eigenvalue weighted by molar-refractivity contribution is 0.00539. The fourth-order valence-corrected chi connectivity index (χ4v) is 2.71. The Bertz CT molecular complexity index is 693. The summed E-state index contributed by atoms with van der Waals surface area (Å²) >= 11 is 0. The van der Waals surface area contributed by atoms with E-state index in [0.29, 0.717) is 12.0 Å². The average molecular weight is 346 g/mol. The Hall–Kier alpha value is -2.82. The number of piperazine rings is 1. The van der Waals surface area contributed by atoms with E-state index >= 15 is 0 Å². The molecule has 2 amide bonds. The van der Waals surface area contributed by atoms with E-state index in [4.69, 9.17) is 10.00 Å². The van der Waals surface area contributed by atoms with Gasteiger partial charge in [-0.1, -0.05) is 0 Å². The van der Waals surface area contributed by atoms with Gasteiger partial charge in [0, 0.05) is 32.0 Å². The van der Waals surface area contributed by atoms with Gasteiger partial charge in [-0.2, -0.15) is 5.26 Å². The molecular formula is C17H22N4O4. The second-order valence-corrected chi connectivity index (χ2v) is 6.95. The molecule has 0 spiro atoms. The third-order valence-corrected chi connectivity index (χ3v) is 3.78. The molecule has 0 aromatic carbocycles. The SMILES string of the molecule is CC(C)(C)OC(=O)N1CCN(C(=O)O)C(Cc2cncc(C#N)c2)C1. The highest BCUT2D eigenvalue weighted by atomic mass is 16.6. The van der Waals surface area contributed by atoms with Crippen molar-refractivity contribution in [3.63, 3.8) is 0 Å². The summed E-state index contributed by atoms with van der Waals surface area (Å²) in [5.74, 6) is 0. The largest absolute Gasteiger partial charge is 0.465 e. The molecule has 1 aromatic heterocycles. The van der Waals surface area contributed by atoms with Gasteiger partial charge in [-0.05, 0) is 38.8 Å². The van der Waals surface area contributed by atoms with E-state index in [1.807, 2.05) is 6.07 Å². The number of rotatable bonds is 2. The monoisotopic (exact) mass is 346 g/mol. The van der Waals surface area contributed by atoms with Crippen molar-refractivity contribution in [2.45, 2.75) is 38.8 Å². The van der Waals surface area contributed by atoms with Crippen molar-refractivity contribution in [1.82, 2.24) is 14.8 Å². The smallest absolute Gasteiger partial charge is 0.410 e. The highest BCUT2D eigenvalue weighted by Gasteiger charge is 2.34. The first-order valence-corrected chi connectivity index (χ1v) is 8.01. The molecule has 1 N–H and O–H groups in total. The number of carboxylic acid groups (broad SMARTS) is 1. The standard InChI is InChI=1S/C17H22N4O4/c1-17(2,3)25-16(24)20-4-5-21(15(22)23)14(11-20)7-12-6-13(8-18)10-19-9-12/h6,9-10,14H,4-5,7,11H2,1-3H3,(H,22,23). The second kappa shape index (κ2) is 7.38. The van der Waals surface area contributed by atoms with E-state index in [1.54, 1.807) is 33.0 Å². The van der Waals surface area contributed by atoms with Crippen LogP contribution in [-0.4, -0.2) is 63.4 Å². The van der Waals surface area contributed by atoms with Crippen LogP contribution >= 0.6 is 0 Å². The number of hydrogen-bond donors (Lipinski definition) is 1. The number of pyridine rings is 1. The molecule has 25 heavy (non-hydrogen) atoms. The lowest BCUT2D eigenvalue weighted by atomic mass is 10.0. The van der Waals surface area contributed by atoms with Crippen LogP contribution in [0.15, 0.2) is 18.5 Å². The minimum absolute atomic E-state index is 0.213. The molecular weight excluding hydrogens is 324 g/mol. The fraction of sp³-hybridized carbons (Fsp3) is 0.529. The molecule has 1 atom stereocenters. The van der Waals surface area contributed by atoms with Crippen LogP contribution in [0.25, 0.3) is 0 Å². The van der Waals surface area contributed by atoms with Gasteiger partial charge in [0.15, 0.2) is 0 Å². The summed E-state index contributed by atoms with van der Waals surface area (Å²) in [6.07, 6.45) is 1.94. The van der Waals surface area contributed by atoms with Gasteiger partial charge in [0.2, 0.25) is 0 Å². The third kappa shape index (κ3) is 5.08. The average Bonchev–Trinajstić information content (AvgIpc) is 2.53. The summed E-state index contributed by atoms with van der Waals surface area (Å²) in [4.78, 5) is 30.6. The Morgan fingerprint density at radius 3 is 2.72 bits per heavy atom. The topological polar surface area (TPSA) is 107 Å². The van der Waals surface area contributed by atoms with Crippen LogP contribution in [0.4, 0.5) is 9.59 Å². The molecule has 0 bridgehead atoms. The van der Waals surface area contributed by atoms with Gasteiger partial charge in [-0.25, -0.2) is 9.59 Å². The van der Waals surface area contributed by atoms with Crippen molar-refractivity contribution in [3.8, 4) is 6.07 Å². The molecule has 0 aliphatic carbocycles. The lowest BCUT2D eigenvalue weighted by Crippen LogP contribution is -2.57. The Balaban J connectivity index is 2.14. The first kappa shape index (κ1) is 18.5. The Morgan fingerprint density at radius 1 is 1.40 bits per heavy atom. The maximum Gasteiger partial charge on any atom is 0.410 e. The zero-order valence-electron chi connectivity index (χ0n) is 14.6. The van der Waals surface area contributed by atoms with Crippen LogP contribution in [0.1, 0.15) is 31.9 Å². The number of carbonyl (C=O) groups excluding carboxylic acids is 1. The van der Waals surface area contributed by atoms with Crippen LogP contribution in [-0.2, 0) is 11.2 Å². The molecule has 0 saturated carbocycles. The first-order valence-electron chi connectivity index (χ1n) is 8.01. The molecule has 2 heterocycles. The number of aromatic nitrogens is 1. The molecule has 1 aromatic rings. The van der Waals surface area contributed by atoms with Crippen molar-refractivity contribution >= 4 is 12.2 Å². The first-order chi connectivity index (χ1) is 11.7. The minimum Gasteiger partial charge on any atom is -0.465 e. The van der Waals surface area contributed by atoms with E-state index in [2.05, 4.69) is 4.98 Å². The van der Waals surface area contributed by atoms with Crippen LogP contribution in [0.2, 0.25) is 0 Å². The van der Waals surface area contributed by atoms with E-state index in [9.17, 15) is 14.7 Å². The van der Waals surface area contributed by atoms with Crippen molar-refractivity contribution in [2.24, 2.45) is 0 Å². The van der Waals surface area contributed by atoms with Crippen LogP contribution < -0.4 is 0 Å². The van der Waals surface area contributed by atoms with Gasteiger partial charge < -0.3 is 19.6 Å². The Labute approximate surface area is 146 Å². The quantitative estimate of drug-likeness (QED) is 0.879. The second-order valence-electron chi connectivity index (χ2n) is 6.95. The maximum atomic E-state index is 12.3. The molecule has 8 nitrogen and oxygen atoms in total. The maximum absolute atomic E-state index is 12.3. The lowest BCUT2D eigenvalue weighted by Gasteiger charge is -2.40. The summed E-state index contributed by atoms with van der Waals surface area (Å²) in [5, 5.41) is 18.4. The molecule has 8 heteroatoms. The van der Waals surface area contributed by atoms with Crippen molar-refractivity contribution in [3.05, 3.63) is 29.6 Å². The molecule has 1 aliphatic heterocycles. The molecule has 1 saturated heterocycles. The highest BCUT2D eigenvalue weighted by Crippen LogP contribution is 2.18. The van der Waals surface area contributed by atoms with Gasteiger partial charge >= 0.3 is 12.2 Å². The number of hydrogen-bond acceptors (Lipinski definition) is 5. The van der Waals surface area contributed by atoms with Gasteiger partial charge in [0.05, 0.1) is 11.6 Å². The van der Waals surface area contributed by atoms with E-state index in [1.165, 1.54) is 16.0 Å². The third-order valence-electron chi connectivity index (χ3n) is 3.78. The van der Waals surface area contributed by atoms with Crippen molar-refractivity contribution in [2.75, 3.05) is 19.6 Å². The van der Waals surface area contributed by atoms with E-state index in [0.717, 1.165) is 5.56 Å². The summed E-state index contributed by atoms with van der Waals surface area (Å²) in [7, 11) is 0. The summed E-state index contributed by atoms with van der Waals surface area (Å²) < 4.78 is 5.37. The zero-order chi connectivity index (χ0) is 18.6. The van der Waals surface area contributed by atoms with Crippen molar-refractivity contribution < 1.29 is 19.4 Å². The van der Waals surface area contributed by atoms with Gasteiger partial charge in [-0.15, -0.1) is 0 Å². The number of nitriles is 1. The molecule has 1 aliphatic rings. The Morgan fingerprint density at radius 2 is 2.12 bits per heavy atom. The fourth-order valence-electron chi connectivity index (χ4n) is 2.71. The Kier molecular flexibility index (Phi) is 5.47. The predicted octanol–water partition coefficient (Wildman–Crippen LogP) is 2.10. The number of carbonyl (C=O) groups is 2. The summed E-state index contributed by atoms with van der Waals surface area (Å²) in [5.41, 5.74) is 0.558. The number of nitrogens with zero attached hydrogens (tertiary/aromatic N) is 4. The zero-order valence-corrected chi connectivity index (χ0v) is 14.6. The minimum atomic E-state index is -1.03. The van der Waals surface area contributed by atoms with Crippen molar-refractivity contribution in [1.29, 1.82) is 5.26 Å². The summed E-state index contributed by atoms with van der Waals surface area (Å²) in [6, 6.07) is 3.27. The van der Waals surface area contributed by atoms with Crippen LogP contribution in [0.3, 0.4) is 0 Å². The molecule has 1 fully saturated rings. The molecule has 0 radical (unpaired) electrons. The van der Waals surface area contributed by atoms with Gasteiger partial charge in [0.25, 0.3) is 0 Å².